The standard InChI is InChI=1S/C20H19BrN4OS/c21-16-8-4-5-9-17(16)22-18(26)13-27-20-24-23-19(15-10-11-15)25(20)12-14-6-2-1-3-7-14/h1-9,15H,10-13H2,(H,22,26). The minimum atomic E-state index is -0.0610. The number of amides is 1. The lowest BCUT2D eigenvalue weighted by molar-refractivity contribution is -0.113. The second-order valence-electron chi connectivity index (χ2n) is 6.50. The average Bonchev–Trinajstić information content (AvgIpc) is 3.45. The number of nitrogens with one attached hydrogen (secondary N) is 1. The Balaban J connectivity index is 1.45. The lowest BCUT2D eigenvalue weighted by Crippen LogP contribution is -2.15. The maximum Gasteiger partial charge on any atom is 0.234 e. The average molecular weight is 443 g/mol. The normalized spacial score (nSPS) is 13.5. The Labute approximate surface area is 170 Å². The van der Waals surface area contributed by atoms with Crippen LogP contribution >= 0.6 is 27.7 Å². The number of anilines is 1. The van der Waals surface area contributed by atoms with Crippen molar-refractivity contribution in [3.8, 4) is 0 Å². The molecule has 0 atom stereocenters. The van der Waals surface area contributed by atoms with E-state index in [4.69, 9.17) is 0 Å². The molecule has 1 heterocycles. The number of hydrogen-bond acceptors (Lipinski definition) is 4. The Morgan fingerprint density at radius 1 is 1.11 bits per heavy atom. The second kappa shape index (κ2) is 8.27. The molecule has 1 aliphatic rings. The van der Waals surface area contributed by atoms with Crippen molar-refractivity contribution < 1.29 is 4.79 Å². The molecule has 0 radical (unpaired) electrons. The van der Waals surface area contributed by atoms with Crippen molar-refractivity contribution >= 4 is 39.3 Å². The zero-order valence-electron chi connectivity index (χ0n) is 14.6. The highest BCUT2D eigenvalue weighted by Gasteiger charge is 2.30. The van der Waals surface area contributed by atoms with Gasteiger partial charge in [-0.2, -0.15) is 0 Å². The quantitative estimate of drug-likeness (QED) is 0.538. The number of nitrogens with zero attached hydrogens (tertiary/aromatic N) is 3. The van der Waals surface area contributed by atoms with E-state index < -0.39 is 0 Å². The van der Waals surface area contributed by atoms with E-state index in [-0.39, 0.29) is 5.91 Å². The molecule has 2 aromatic carbocycles. The molecule has 4 rings (SSSR count). The molecule has 0 bridgehead atoms. The van der Waals surface area contributed by atoms with Crippen molar-refractivity contribution in [2.75, 3.05) is 11.1 Å². The van der Waals surface area contributed by atoms with Gasteiger partial charge in [0.1, 0.15) is 5.82 Å². The number of benzene rings is 2. The second-order valence-corrected chi connectivity index (χ2v) is 8.30. The summed E-state index contributed by atoms with van der Waals surface area (Å²) in [6, 6.07) is 17.9. The summed E-state index contributed by atoms with van der Waals surface area (Å²) in [4.78, 5) is 12.4. The molecule has 1 aromatic heterocycles. The SMILES string of the molecule is O=C(CSc1nnc(C2CC2)n1Cc1ccccc1)Nc1ccccc1Br. The van der Waals surface area contributed by atoms with E-state index in [2.05, 4.69) is 48.1 Å². The molecule has 0 aliphatic heterocycles. The zero-order valence-corrected chi connectivity index (χ0v) is 17.0. The molecular formula is C20H19BrN4OS. The summed E-state index contributed by atoms with van der Waals surface area (Å²) in [5, 5.41) is 12.5. The summed E-state index contributed by atoms with van der Waals surface area (Å²) in [5.74, 6) is 1.77. The van der Waals surface area contributed by atoms with Crippen LogP contribution in [0.25, 0.3) is 0 Å². The third-order valence-corrected chi connectivity index (χ3v) is 6.01. The maximum atomic E-state index is 12.4. The number of rotatable bonds is 7. The molecule has 1 fully saturated rings. The molecule has 0 spiro atoms. The van der Waals surface area contributed by atoms with Crippen molar-refractivity contribution in [3.05, 3.63) is 70.5 Å². The Bertz CT molecular complexity index is 940. The molecule has 0 unspecified atom stereocenters. The van der Waals surface area contributed by atoms with Crippen LogP contribution in [-0.4, -0.2) is 26.4 Å². The molecule has 1 amide bonds. The van der Waals surface area contributed by atoms with Gasteiger partial charge in [0, 0.05) is 10.4 Å². The minimum Gasteiger partial charge on any atom is -0.324 e. The lowest BCUT2D eigenvalue weighted by Gasteiger charge is -2.10. The molecule has 3 aromatic rings. The monoisotopic (exact) mass is 442 g/mol. The van der Waals surface area contributed by atoms with Gasteiger partial charge in [-0.1, -0.05) is 54.2 Å². The summed E-state index contributed by atoms with van der Waals surface area (Å²) in [5.41, 5.74) is 1.98. The molecule has 1 aliphatic carbocycles. The molecular weight excluding hydrogens is 424 g/mol. The van der Waals surface area contributed by atoms with Crippen molar-refractivity contribution in [1.29, 1.82) is 0 Å². The van der Waals surface area contributed by atoms with Crippen molar-refractivity contribution in [1.82, 2.24) is 14.8 Å². The fourth-order valence-electron chi connectivity index (χ4n) is 2.84. The van der Waals surface area contributed by atoms with Gasteiger partial charge in [0.25, 0.3) is 0 Å². The van der Waals surface area contributed by atoms with E-state index in [9.17, 15) is 4.79 Å². The summed E-state index contributed by atoms with van der Waals surface area (Å²) >= 11 is 4.88. The highest BCUT2D eigenvalue weighted by molar-refractivity contribution is 9.10. The highest BCUT2D eigenvalue weighted by Crippen LogP contribution is 2.40. The van der Waals surface area contributed by atoms with Crippen LogP contribution < -0.4 is 5.32 Å². The van der Waals surface area contributed by atoms with Gasteiger partial charge in [-0.3, -0.25) is 4.79 Å². The van der Waals surface area contributed by atoms with Crippen LogP contribution in [0.2, 0.25) is 0 Å². The molecule has 1 N–H and O–H groups in total. The van der Waals surface area contributed by atoms with Crippen LogP contribution in [0, 0.1) is 0 Å². The summed E-state index contributed by atoms with van der Waals surface area (Å²) in [7, 11) is 0. The van der Waals surface area contributed by atoms with Gasteiger partial charge in [-0.15, -0.1) is 10.2 Å². The lowest BCUT2D eigenvalue weighted by atomic mass is 10.2. The van der Waals surface area contributed by atoms with Gasteiger partial charge in [0.2, 0.25) is 5.91 Å². The van der Waals surface area contributed by atoms with Crippen molar-refractivity contribution in [2.45, 2.75) is 30.5 Å². The first-order chi connectivity index (χ1) is 13.2. The molecule has 1 saturated carbocycles. The van der Waals surface area contributed by atoms with Crippen LogP contribution in [0.3, 0.4) is 0 Å². The number of halogens is 1. The van der Waals surface area contributed by atoms with Gasteiger partial charge < -0.3 is 9.88 Å². The van der Waals surface area contributed by atoms with E-state index in [0.29, 0.717) is 11.7 Å². The van der Waals surface area contributed by atoms with Crippen LogP contribution in [0.15, 0.2) is 64.2 Å². The number of thioether (sulfide) groups is 1. The number of hydrogen-bond donors (Lipinski definition) is 1. The Kier molecular flexibility index (Phi) is 5.59. The third kappa shape index (κ3) is 4.59. The van der Waals surface area contributed by atoms with Gasteiger partial charge in [0.15, 0.2) is 5.16 Å². The third-order valence-electron chi connectivity index (χ3n) is 4.35. The predicted molar refractivity (Wildman–Crippen MR) is 111 cm³/mol. The smallest absolute Gasteiger partial charge is 0.234 e. The topological polar surface area (TPSA) is 59.8 Å². The van der Waals surface area contributed by atoms with E-state index in [1.165, 1.54) is 30.2 Å². The van der Waals surface area contributed by atoms with Gasteiger partial charge in [0.05, 0.1) is 18.0 Å². The molecule has 27 heavy (non-hydrogen) atoms. The largest absolute Gasteiger partial charge is 0.324 e. The van der Waals surface area contributed by atoms with Gasteiger partial charge >= 0.3 is 0 Å². The van der Waals surface area contributed by atoms with Crippen molar-refractivity contribution in [3.63, 3.8) is 0 Å². The number of carbonyl (C=O) groups excluding carboxylic acids is 1. The van der Waals surface area contributed by atoms with Gasteiger partial charge in [-0.25, -0.2) is 0 Å². The molecule has 0 saturated heterocycles. The van der Waals surface area contributed by atoms with Crippen LogP contribution in [0.4, 0.5) is 5.69 Å². The first kappa shape index (κ1) is 18.3. The number of carbonyl (C=O) groups is 1. The summed E-state index contributed by atoms with van der Waals surface area (Å²) in [6.07, 6.45) is 2.33. The number of aromatic nitrogens is 3. The zero-order chi connectivity index (χ0) is 18.6. The van der Waals surface area contributed by atoms with Crippen LogP contribution in [-0.2, 0) is 11.3 Å². The first-order valence-electron chi connectivity index (χ1n) is 8.85. The van der Waals surface area contributed by atoms with E-state index in [0.717, 1.165) is 27.7 Å². The number of para-hydroxylation sites is 1. The minimum absolute atomic E-state index is 0.0610. The first-order valence-corrected chi connectivity index (χ1v) is 10.6. The van der Waals surface area contributed by atoms with Crippen molar-refractivity contribution in [2.24, 2.45) is 0 Å². The molecule has 138 valence electrons. The fourth-order valence-corrected chi connectivity index (χ4v) is 3.97. The molecule has 7 heteroatoms. The Hall–Kier alpha value is -2.12. The molecule has 5 nitrogen and oxygen atoms in total. The van der Waals surface area contributed by atoms with Gasteiger partial charge in [-0.05, 0) is 46.5 Å². The van der Waals surface area contributed by atoms with Crippen LogP contribution in [0.1, 0.15) is 30.1 Å². The van der Waals surface area contributed by atoms with Crippen LogP contribution in [0.5, 0.6) is 0 Å². The highest BCUT2D eigenvalue weighted by atomic mass is 79.9. The predicted octanol–water partition coefficient (Wildman–Crippen LogP) is 4.70. The Morgan fingerprint density at radius 3 is 2.59 bits per heavy atom. The summed E-state index contributed by atoms with van der Waals surface area (Å²) < 4.78 is 3.02. The van der Waals surface area contributed by atoms with E-state index >= 15 is 0 Å². The Morgan fingerprint density at radius 2 is 1.85 bits per heavy atom. The van der Waals surface area contributed by atoms with E-state index in [1.54, 1.807) is 0 Å². The fraction of sp³-hybridized carbons (Fsp3) is 0.250. The maximum absolute atomic E-state index is 12.4. The van der Waals surface area contributed by atoms with E-state index in [1.807, 2.05) is 42.5 Å². The summed E-state index contributed by atoms with van der Waals surface area (Å²) in [6.45, 7) is 0.730.